The molecular formula is C14H21N3O3. The first-order chi connectivity index (χ1) is 9.49. The highest BCUT2D eigenvalue weighted by molar-refractivity contribution is 5.74. The number of carbonyl (C=O) groups excluding carboxylic acids is 1. The Balaban J connectivity index is 2.32. The molecule has 1 aromatic heterocycles. The van der Waals surface area contributed by atoms with Gasteiger partial charge in [-0.2, -0.15) is 0 Å². The second-order valence-corrected chi connectivity index (χ2v) is 4.85. The summed E-state index contributed by atoms with van der Waals surface area (Å²) in [6, 6.07) is 3.52. The fourth-order valence-electron chi connectivity index (χ4n) is 1.79. The third-order valence-electron chi connectivity index (χ3n) is 2.91. The molecule has 110 valence electrons. The van der Waals surface area contributed by atoms with E-state index in [1.807, 2.05) is 19.1 Å². The van der Waals surface area contributed by atoms with Crippen LogP contribution in [0.4, 0.5) is 4.79 Å². The van der Waals surface area contributed by atoms with E-state index >= 15 is 0 Å². The molecule has 6 heteroatoms. The number of carboxylic acids is 1. The molecule has 0 bridgehead atoms. The van der Waals surface area contributed by atoms with Crippen molar-refractivity contribution in [1.29, 1.82) is 0 Å². The first-order valence-electron chi connectivity index (χ1n) is 6.61. The van der Waals surface area contributed by atoms with Gasteiger partial charge in [-0.3, -0.25) is 9.78 Å². The standard InChI is InChI=1S/C14H21N3O3/c1-11(4-3-5-13(18)19)16-14(20)17(2)10-12-6-8-15-9-7-12/h6-9,11H,3-5,10H2,1-2H3,(H,16,20)(H,18,19). The SMILES string of the molecule is CC(CCCC(=O)O)NC(=O)N(C)Cc1ccncc1. The van der Waals surface area contributed by atoms with Gasteiger partial charge in [-0.25, -0.2) is 4.79 Å². The van der Waals surface area contributed by atoms with Crippen LogP contribution in [-0.2, 0) is 11.3 Å². The molecule has 0 aliphatic rings. The van der Waals surface area contributed by atoms with Crippen molar-refractivity contribution in [1.82, 2.24) is 15.2 Å². The molecular weight excluding hydrogens is 258 g/mol. The van der Waals surface area contributed by atoms with Gasteiger partial charge in [0.1, 0.15) is 0 Å². The Morgan fingerprint density at radius 3 is 2.65 bits per heavy atom. The lowest BCUT2D eigenvalue weighted by molar-refractivity contribution is -0.137. The maximum atomic E-state index is 11.9. The van der Waals surface area contributed by atoms with E-state index in [1.54, 1.807) is 24.3 Å². The van der Waals surface area contributed by atoms with Crippen LogP contribution in [0.3, 0.4) is 0 Å². The van der Waals surface area contributed by atoms with E-state index < -0.39 is 5.97 Å². The predicted molar refractivity (Wildman–Crippen MR) is 75.2 cm³/mol. The van der Waals surface area contributed by atoms with Gasteiger partial charge in [-0.15, -0.1) is 0 Å². The van der Waals surface area contributed by atoms with Gasteiger partial charge >= 0.3 is 12.0 Å². The molecule has 1 rings (SSSR count). The molecule has 0 spiro atoms. The molecule has 2 amide bonds. The lowest BCUT2D eigenvalue weighted by atomic mass is 10.1. The first kappa shape index (κ1) is 15.9. The number of rotatable bonds is 7. The van der Waals surface area contributed by atoms with Crippen LogP contribution in [0, 0.1) is 0 Å². The van der Waals surface area contributed by atoms with Crippen molar-refractivity contribution >= 4 is 12.0 Å². The summed E-state index contributed by atoms with van der Waals surface area (Å²) in [5, 5.41) is 11.4. The number of nitrogens with one attached hydrogen (secondary N) is 1. The van der Waals surface area contributed by atoms with Crippen LogP contribution in [0.2, 0.25) is 0 Å². The second-order valence-electron chi connectivity index (χ2n) is 4.85. The molecule has 20 heavy (non-hydrogen) atoms. The highest BCUT2D eigenvalue weighted by Gasteiger charge is 2.12. The average Bonchev–Trinajstić information content (AvgIpc) is 2.39. The summed E-state index contributed by atoms with van der Waals surface area (Å²) in [4.78, 5) is 27.9. The lowest BCUT2D eigenvalue weighted by Crippen LogP contribution is -2.41. The van der Waals surface area contributed by atoms with Crippen LogP contribution in [0.5, 0.6) is 0 Å². The van der Waals surface area contributed by atoms with E-state index in [4.69, 9.17) is 5.11 Å². The van der Waals surface area contributed by atoms with Gasteiger partial charge in [0.15, 0.2) is 0 Å². The van der Waals surface area contributed by atoms with E-state index in [9.17, 15) is 9.59 Å². The van der Waals surface area contributed by atoms with Gasteiger partial charge in [0.2, 0.25) is 0 Å². The number of nitrogens with zero attached hydrogens (tertiary/aromatic N) is 2. The Morgan fingerprint density at radius 1 is 1.40 bits per heavy atom. The van der Waals surface area contributed by atoms with E-state index in [0.717, 1.165) is 5.56 Å². The van der Waals surface area contributed by atoms with Crippen molar-refractivity contribution in [3.8, 4) is 0 Å². The molecule has 0 aliphatic heterocycles. The van der Waals surface area contributed by atoms with Gasteiger partial charge in [0, 0.05) is 38.4 Å². The van der Waals surface area contributed by atoms with Gasteiger partial charge in [0.25, 0.3) is 0 Å². The van der Waals surface area contributed by atoms with E-state index in [0.29, 0.717) is 19.4 Å². The number of carboxylic acid groups (broad SMARTS) is 1. The summed E-state index contributed by atoms with van der Waals surface area (Å²) in [6.07, 6.45) is 4.73. The van der Waals surface area contributed by atoms with Gasteiger partial charge in [-0.1, -0.05) is 0 Å². The van der Waals surface area contributed by atoms with Crippen molar-refractivity contribution in [3.05, 3.63) is 30.1 Å². The van der Waals surface area contributed by atoms with Crippen LogP contribution in [0.25, 0.3) is 0 Å². The highest BCUT2D eigenvalue weighted by Crippen LogP contribution is 2.04. The monoisotopic (exact) mass is 279 g/mol. The van der Waals surface area contributed by atoms with E-state index in [-0.39, 0.29) is 18.5 Å². The molecule has 0 fully saturated rings. The van der Waals surface area contributed by atoms with Gasteiger partial charge in [0.05, 0.1) is 0 Å². The van der Waals surface area contributed by atoms with Crippen LogP contribution in [0.15, 0.2) is 24.5 Å². The minimum absolute atomic E-state index is 0.0401. The third kappa shape index (κ3) is 6.17. The van der Waals surface area contributed by atoms with Gasteiger partial charge in [-0.05, 0) is 37.5 Å². The molecule has 1 heterocycles. The zero-order valence-corrected chi connectivity index (χ0v) is 11.9. The number of aromatic nitrogens is 1. The maximum absolute atomic E-state index is 11.9. The van der Waals surface area contributed by atoms with Gasteiger partial charge < -0.3 is 15.3 Å². The van der Waals surface area contributed by atoms with Crippen molar-refractivity contribution in [2.24, 2.45) is 0 Å². The Labute approximate surface area is 118 Å². The molecule has 0 aromatic carbocycles. The minimum Gasteiger partial charge on any atom is -0.481 e. The maximum Gasteiger partial charge on any atom is 0.317 e. The smallest absolute Gasteiger partial charge is 0.317 e. The molecule has 1 unspecified atom stereocenters. The summed E-state index contributed by atoms with van der Waals surface area (Å²) in [5.41, 5.74) is 1.01. The van der Waals surface area contributed by atoms with Crippen molar-refractivity contribution < 1.29 is 14.7 Å². The predicted octanol–water partition coefficient (Wildman–Crippen LogP) is 1.87. The molecule has 2 N–H and O–H groups in total. The van der Waals surface area contributed by atoms with Crippen LogP contribution < -0.4 is 5.32 Å². The molecule has 0 aliphatic carbocycles. The Hall–Kier alpha value is -2.11. The highest BCUT2D eigenvalue weighted by atomic mass is 16.4. The second kappa shape index (κ2) is 8.14. The third-order valence-corrected chi connectivity index (χ3v) is 2.91. The number of amides is 2. The number of hydrogen-bond donors (Lipinski definition) is 2. The average molecular weight is 279 g/mol. The normalized spacial score (nSPS) is 11.7. The molecule has 0 radical (unpaired) electrons. The number of aliphatic carboxylic acids is 1. The summed E-state index contributed by atoms with van der Waals surface area (Å²) in [5.74, 6) is -0.807. The zero-order chi connectivity index (χ0) is 15.0. The molecule has 0 saturated heterocycles. The summed E-state index contributed by atoms with van der Waals surface area (Å²) >= 11 is 0. The molecule has 1 aromatic rings. The largest absolute Gasteiger partial charge is 0.481 e. The topological polar surface area (TPSA) is 82.5 Å². The molecule has 1 atom stereocenters. The Bertz CT molecular complexity index is 437. The van der Waals surface area contributed by atoms with E-state index in [2.05, 4.69) is 10.3 Å². The van der Waals surface area contributed by atoms with Crippen LogP contribution in [-0.4, -0.2) is 40.1 Å². The molecule has 6 nitrogen and oxygen atoms in total. The molecule has 0 saturated carbocycles. The lowest BCUT2D eigenvalue weighted by Gasteiger charge is -2.21. The number of urea groups is 1. The number of hydrogen-bond acceptors (Lipinski definition) is 3. The zero-order valence-electron chi connectivity index (χ0n) is 11.9. The Kier molecular flexibility index (Phi) is 6.49. The van der Waals surface area contributed by atoms with Crippen molar-refractivity contribution in [3.63, 3.8) is 0 Å². The Morgan fingerprint density at radius 2 is 2.05 bits per heavy atom. The van der Waals surface area contributed by atoms with Crippen molar-refractivity contribution in [2.45, 2.75) is 38.8 Å². The first-order valence-corrected chi connectivity index (χ1v) is 6.61. The van der Waals surface area contributed by atoms with Crippen LogP contribution >= 0.6 is 0 Å². The van der Waals surface area contributed by atoms with E-state index in [1.165, 1.54) is 0 Å². The minimum atomic E-state index is -0.807. The van der Waals surface area contributed by atoms with Crippen molar-refractivity contribution in [2.75, 3.05) is 7.05 Å². The summed E-state index contributed by atoms with van der Waals surface area (Å²) < 4.78 is 0. The van der Waals surface area contributed by atoms with Crippen LogP contribution in [0.1, 0.15) is 31.7 Å². The number of pyridine rings is 1. The quantitative estimate of drug-likeness (QED) is 0.798. The summed E-state index contributed by atoms with van der Waals surface area (Å²) in [7, 11) is 1.72. The summed E-state index contributed by atoms with van der Waals surface area (Å²) in [6.45, 7) is 2.39. The number of carbonyl (C=O) groups is 2. The fourth-order valence-corrected chi connectivity index (χ4v) is 1.79. The fraction of sp³-hybridized carbons (Fsp3) is 0.500.